The van der Waals surface area contributed by atoms with Crippen molar-refractivity contribution >= 4 is 41.8 Å². The molecule has 0 aliphatic carbocycles. The van der Waals surface area contributed by atoms with Crippen molar-refractivity contribution in [3.8, 4) is 0 Å². The lowest BCUT2D eigenvalue weighted by Crippen LogP contribution is -2.68. The van der Waals surface area contributed by atoms with Crippen molar-refractivity contribution in [2.24, 2.45) is 37.9 Å². The largest absolute Gasteiger partial charge is 0.462 e. The number of hydrogen-bond donors (Lipinski definition) is 14. The van der Waals surface area contributed by atoms with Gasteiger partial charge in [0.05, 0.1) is 37.9 Å². The fourth-order valence-corrected chi connectivity index (χ4v) is 12.9. The molecule has 14 bridgehead atoms. The number of carbonyl (C=O) groups excluding carboxylic acids is 7. The molecule has 21 rings (SSSR count). The summed E-state index contributed by atoms with van der Waals surface area (Å²) in [6.07, 6.45) is -76.7. The zero-order valence-electron chi connectivity index (χ0n) is 70.8. The first-order chi connectivity index (χ1) is 54.6. The summed E-state index contributed by atoms with van der Waals surface area (Å²) in [4.78, 5) is 95.0. The van der Waals surface area contributed by atoms with Crippen LogP contribution in [0.4, 0.5) is 0 Å². The molecule has 42 heteroatoms. The number of aliphatic hydroxyl groups is 14. The first kappa shape index (κ1) is 99.6. The highest BCUT2D eigenvalue weighted by Crippen LogP contribution is 2.42. The first-order valence-corrected chi connectivity index (χ1v) is 39.5. The fraction of sp³-hybridized carbons (Fsp3) is 0.909. The lowest BCUT2D eigenvalue weighted by molar-refractivity contribution is -0.396. The number of hydrogen-bond acceptors (Lipinski definition) is 42. The van der Waals surface area contributed by atoms with E-state index < -0.39 is 341 Å². The molecule has 0 aromatic rings. The van der Waals surface area contributed by atoms with Gasteiger partial charge in [0.2, 0.25) is 0 Å². The summed E-state index contributed by atoms with van der Waals surface area (Å²) in [7, 11) is 0. The Labute approximate surface area is 688 Å². The lowest BCUT2D eigenvalue weighted by Gasteiger charge is -2.50. The predicted molar refractivity (Wildman–Crippen MR) is 392 cm³/mol. The van der Waals surface area contributed by atoms with E-state index in [0.717, 1.165) is 0 Å². The Morgan fingerprint density at radius 1 is 0.176 bits per heavy atom. The molecule has 0 unspecified atom stereocenters. The van der Waals surface area contributed by atoms with Crippen LogP contribution in [-0.2, 0) is 133 Å². The number of esters is 7. The van der Waals surface area contributed by atoms with Crippen LogP contribution in [0.2, 0.25) is 0 Å². The van der Waals surface area contributed by atoms with E-state index in [9.17, 15) is 105 Å². The summed E-state index contributed by atoms with van der Waals surface area (Å²) < 4.78 is 127. The molecular formula is C77H126O42. The number of aliphatic hydroxyl groups excluding tert-OH is 14. The smallest absolute Gasteiger partial charge is 0.311 e. The van der Waals surface area contributed by atoms with Crippen molar-refractivity contribution in [3.05, 3.63) is 0 Å². The van der Waals surface area contributed by atoms with Crippen LogP contribution in [0.3, 0.4) is 0 Å². The van der Waals surface area contributed by atoms with Gasteiger partial charge in [-0.05, 0) is 145 Å². The van der Waals surface area contributed by atoms with Crippen molar-refractivity contribution in [1.82, 2.24) is 0 Å². The van der Waals surface area contributed by atoms with Crippen molar-refractivity contribution in [2.45, 2.75) is 360 Å². The van der Waals surface area contributed by atoms with Crippen molar-refractivity contribution in [3.63, 3.8) is 0 Å². The van der Waals surface area contributed by atoms with Gasteiger partial charge >= 0.3 is 41.8 Å². The highest BCUT2D eigenvalue weighted by molar-refractivity contribution is 5.78. The Morgan fingerprint density at radius 3 is 0.353 bits per heavy atom. The van der Waals surface area contributed by atoms with E-state index in [-0.39, 0.29) is 0 Å². The molecule has 21 aliphatic rings. The van der Waals surface area contributed by atoms with Gasteiger partial charge in [-0.25, -0.2) is 0 Å². The molecule has 686 valence electrons. The molecule has 119 heavy (non-hydrogen) atoms. The molecular weight excluding hydrogens is 1600 g/mol. The lowest BCUT2D eigenvalue weighted by atomic mass is 9.94. The molecule has 0 aromatic heterocycles. The summed E-state index contributed by atoms with van der Waals surface area (Å²) in [5.41, 5.74) is -8.73. The van der Waals surface area contributed by atoms with Gasteiger partial charge in [-0.15, -0.1) is 0 Å². The molecule has 0 amide bonds. The van der Waals surface area contributed by atoms with Crippen LogP contribution >= 0.6 is 0 Å². The molecule has 21 fully saturated rings. The van der Waals surface area contributed by atoms with Crippen LogP contribution in [0, 0.1) is 37.9 Å². The van der Waals surface area contributed by atoms with Gasteiger partial charge in [-0.2, -0.15) is 0 Å². The molecule has 0 saturated carbocycles. The van der Waals surface area contributed by atoms with Crippen LogP contribution in [0.1, 0.15) is 145 Å². The Kier molecular flexibility index (Phi) is 32.6. The minimum absolute atomic E-state index is 0.894. The molecule has 21 aliphatic heterocycles. The third-order valence-corrected chi connectivity index (χ3v) is 20.5. The van der Waals surface area contributed by atoms with E-state index in [2.05, 4.69) is 0 Å². The monoisotopic (exact) mass is 1720 g/mol. The second-order valence-corrected chi connectivity index (χ2v) is 38.3. The van der Waals surface area contributed by atoms with E-state index >= 15 is 0 Å². The normalized spacial score (nSPS) is 40.6. The van der Waals surface area contributed by atoms with Crippen LogP contribution in [-0.4, -0.2) is 374 Å². The van der Waals surface area contributed by atoms with Crippen LogP contribution in [0.15, 0.2) is 0 Å². The van der Waals surface area contributed by atoms with Crippen LogP contribution < -0.4 is 0 Å². The SMILES string of the molecule is CC(C)(C)C(=O)OC[C@@H]1O[C@@H]2O[C@H]3[C@H](O)[C@@H](O)[C@@H](O[C@H]4[C@H](O)[C@H](O)[C@@H](O[C@H]5[C@@H](O)[C@@H](O)[C@@H](O[C@H]6[C@@H](O)[C@H](O)[C@@H](O[C@H]7[C@H](O)[C@@H](O)[C@@H](O[C@H]8[C@H](O)[C@@H](O)[C@@H](O[C@H]1[C@H](O)[C@H]2O)O[C@H]8COC(=O)C(C)(C)C)O[C@@H]7COC(=O)C(C)(C)C)O[C@@H]6COC(=O)C(C)(C)C)O[C@@H]5COC(=O)C(C)(C)C)O[C@@H]4COC(=O)C(C)(C)C)O[C@H]3COC(=O)C(C)(C)C. The van der Waals surface area contributed by atoms with Gasteiger partial charge in [0.25, 0.3) is 0 Å². The molecule has 42 nitrogen and oxygen atoms in total. The quantitative estimate of drug-likeness (QED) is 0.0581. The molecule has 14 N–H and O–H groups in total. The maximum atomic E-state index is 13.6. The second-order valence-electron chi connectivity index (χ2n) is 38.3. The number of carbonyl (C=O) groups is 7. The Bertz CT molecular complexity index is 2780. The molecule has 21 saturated heterocycles. The van der Waals surface area contributed by atoms with Crippen molar-refractivity contribution in [2.75, 3.05) is 46.2 Å². The van der Waals surface area contributed by atoms with Gasteiger partial charge in [0, 0.05) is 0 Å². The van der Waals surface area contributed by atoms with Gasteiger partial charge in [0.15, 0.2) is 44.0 Å². The summed E-state index contributed by atoms with van der Waals surface area (Å²) in [6, 6.07) is 0. The number of ether oxygens (including phenoxy) is 21. The molecule has 21 heterocycles. The zero-order chi connectivity index (χ0) is 89.5. The molecule has 0 aromatic carbocycles. The maximum Gasteiger partial charge on any atom is 0.311 e. The molecule has 35 atom stereocenters. The van der Waals surface area contributed by atoms with E-state index in [1.807, 2.05) is 0 Å². The van der Waals surface area contributed by atoms with Gasteiger partial charge in [0.1, 0.15) is 217 Å². The zero-order valence-corrected chi connectivity index (χ0v) is 70.8. The van der Waals surface area contributed by atoms with Crippen LogP contribution in [0.25, 0.3) is 0 Å². The third kappa shape index (κ3) is 24.2. The average molecular weight is 1720 g/mol. The first-order valence-electron chi connectivity index (χ1n) is 39.5. The summed E-state index contributed by atoms with van der Waals surface area (Å²) >= 11 is 0. The fourth-order valence-electron chi connectivity index (χ4n) is 12.9. The second kappa shape index (κ2) is 39.0. The van der Waals surface area contributed by atoms with E-state index in [0.29, 0.717) is 0 Å². The topological polar surface area (TPSA) is 597 Å². The highest BCUT2D eigenvalue weighted by Gasteiger charge is 2.61. The average Bonchev–Trinajstić information content (AvgIpc) is 0.821. The standard InChI is InChI=1S/C77H126O42/c1-71(2,3)64(92)99-22-29-50-36(78)43(85)57(106-29)114-51-30(23-100-65(93)72(4,5)6)108-59(45(87)38(51)80)116-53-32(25-102-67(95)74(10,11)12)110-61(47(89)40(53)82)118-55-34(27-104-69(97)76(16,17)18)112-63(49(91)42(55)84)119-56-35(28-105-70(98)77(19,20)21)111-62(48(90)41(56)83)117-54-33(26-103-68(96)75(13,14)15)109-60(46(88)39(54)81)115-52-31(24-101-66(94)73(7,8)9)107-58(113-50)44(86)37(52)79/h29-63,78-91H,22-28H2,1-21H3/t29-,30-,31-,32-,33+,34+,35+,36+,37-,38+,39-,40-,41-,42-,43-,44+,45+,46-,47-,48-,49-,50-,51-,52-,53-,54-,55-,56-,57-,58-,59-,60-,61-,62-,63-/m1/s1. The van der Waals surface area contributed by atoms with Crippen molar-refractivity contribution in [1.29, 1.82) is 0 Å². The van der Waals surface area contributed by atoms with Crippen LogP contribution in [0.5, 0.6) is 0 Å². The Morgan fingerprint density at radius 2 is 0.269 bits per heavy atom. The van der Waals surface area contributed by atoms with Gasteiger partial charge in [-0.1, -0.05) is 0 Å². The van der Waals surface area contributed by atoms with E-state index in [1.165, 1.54) is 145 Å². The molecule has 0 spiro atoms. The summed E-state index contributed by atoms with van der Waals surface area (Å²) in [5, 5.41) is 172. The Balaban J connectivity index is 1.27. The van der Waals surface area contributed by atoms with E-state index in [1.54, 1.807) is 0 Å². The molecule has 0 radical (unpaired) electrons. The Hall–Kier alpha value is -4.83. The van der Waals surface area contributed by atoms with Gasteiger partial charge < -0.3 is 171 Å². The third-order valence-electron chi connectivity index (χ3n) is 20.5. The van der Waals surface area contributed by atoms with Crippen molar-refractivity contribution < 1.29 is 205 Å². The maximum absolute atomic E-state index is 13.6. The minimum Gasteiger partial charge on any atom is -0.462 e. The predicted octanol–water partition coefficient (Wildman–Crippen LogP) is -4.05. The number of rotatable bonds is 14. The van der Waals surface area contributed by atoms with Gasteiger partial charge in [-0.3, -0.25) is 33.6 Å². The summed E-state index contributed by atoms with van der Waals surface area (Å²) in [5.74, 6) is -6.26. The highest BCUT2D eigenvalue weighted by atomic mass is 16.8. The summed E-state index contributed by atoms with van der Waals surface area (Å²) in [6.45, 7) is 24.5. The van der Waals surface area contributed by atoms with E-state index in [4.69, 9.17) is 99.5 Å². The minimum atomic E-state index is -2.40.